The summed E-state index contributed by atoms with van der Waals surface area (Å²) in [7, 11) is 0. The van der Waals surface area contributed by atoms with Gasteiger partial charge in [0.15, 0.2) is 0 Å². The van der Waals surface area contributed by atoms with Gasteiger partial charge in [0, 0.05) is 37.1 Å². The summed E-state index contributed by atoms with van der Waals surface area (Å²) >= 11 is 1.45. The summed E-state index contributed by atoms with van der Waals surface area (Å²) in [6, 6.07) is 8.76. The van der Waals surface area contributed by atoms with Gasteiger partial charge in [-0.25, -0.2) is 4.68 Å². The topological polar surface area (TPSA) is 68.1 Å². The van der Waals surface area contributed by atoms with Crippen LogP contribution in [0.1, 0.15) is 21.3 Å². The molecular weight excluding hydrogens is 336 g/mol. The van der Waals surface area contributed by atoms with Crippen LogP contribution in [0.3, 0.4) is 0 Å². The molecule has 1 amide bonds. The molecule has 3 aromatic rings. The molecule has 1 aliphatic heterocycles. The highest BCUT2D eigenvalue weighted by molar-refractivity contribution is 7.12. The van der Waals surface area contributed by atoms with Crippen molar-refractivity contribution in [2.24, 2.45) is 0 Å². The lowest BCUT2D eigenvalue weighted by Crippen LogP contribution is -2.53. The molecule has 7 heteroatoms. The van der Waals surface area contributed by atoms with Crippen molar-refractivity contribution in [1.29, 1.82) is 0 Å². The lowest BCUT2D eigenvalue weighted by molar-refractivity contribution is 0.0498. The third kappa shape index (κ3) is 2.98. The lowest BCUT2D eigenvalue weighted by Gasteiger charge is -2.39. The summed E-state index contributed by atoms with van der Waals surface area (Å²) in [6.07, 6.45) is 3.39. The lowest BCUT2D eigenvalue weighted by atomic mass is 10.1. The van der Waals surface area contributed by atoms with Gasteiger partial charge in [0.25, 0.3) is 11.5 Å². The molecule has 0 aromatic carbocycles. The minimum absolute atomic E-state index is 0.0210. The largest absolute Gasteiger partial charge is 0.334 e. The van der Waals surface area contributed by atoms with Crippen LogP contribution in [0.5, 0.6) is 0 Å². The first-order chi connectivity index (χ1) is 12.1. The predicted octanol–water partition coefficient (Wildman–Crippen LogP) is 2.37. The van der Waals surface area contributed by atoms with Crippen molar-refractivity contribution in [3.63, 3.8) is 0 Å². The molecule has 4 rings (SSSR count). The van der Waals surface area contributed by atoms with Crippen molar-refractivity contribution in [3.8, 4) is 11.3 Å². The van der Waals surface area contributed by atoms with Crippen LogP contribution in [0, 0.1) is 6.92 Å². The van der Waals surface area contributed by atoms with Gasteiger partial charge in [0.05, 0.1) is 16.6 Å². The van der Waals surface area contributed by atoms with E-state index < -0.39 is 0 Å². The zero-order valence-electron chi connectivity index (χ0n) is 13.6. The Kier molecular flexibility index (Phi) is 3.93. The van der Waals surface area contributed by atoms with Gasteiger partial charge in [-0.05, 0) is 42.1 Å². The highest BCUT2D eigenvalue weighted by Gasteiger charge is 2.34. The first-order valence-corrected chi connectivity index (χ1v) is 8.84. The monoisotopic (exact) mass is 352 g/mol. The Balaban J connectivity index is 1.52. The second kappa shape index (κ2) is 6.25. The van der Waals surface area contributed by atoms with E-state index in [9.17, 15) is 9.59 Å². The fourth-order valence-electron chi connectivity index (χ4n) is 2.84. The average molecular weight is 352 g/mol. The first kappa shape index (κ1) is 15.7. The van der Waals surface area contributed by atoms with Crippen LogP contribution >= 0.6 is 11.3 Å². The number of carbonyl (C=O) groups is 1. The van der Waals surface area contributed by atoms with E-state index >= 15 is 0 Å². The van der Waals surface area contributed by atoms with Crippen LogP contribution in [0.25, 0.3) is 11.3 Å². The summed E-state index contributed by atoms with van der Waals surface area (Å²) in [6.45, 7) is 2.98. The fourth-order valence-corrected chi connectivity index (χ4v) is 3.70. The van der Waals surface area contributed by atoms with Gasteiger partial charge < -0.3 is 4.90 Å². The van der Waals surface area contributed by atoms with Crippen molar-refractivity contribution >= 4 is 17.2 Å². The van der Waals surface area contributed by atoms with Crippen LogP contribution in [0.2, 0.25) is 0 Å². The number of pyridine rings is 1. The molecule has 4 heterocycles. The molecule has 126 valence electrons. The molecule has 25 heavy (non-hydrogen) atoms. The van der Waals surface area contributed by atoms with Gasteiger partial charge in [-0.2, -0.15) is 5.10 Å². The number of amides is 1. The molecule has 0 unspecified atom stereocenters. The number of rotatable bonds is 3. The molecule has 0 saturated carbocycles. The zero-order chi connectivity index (χ0) is 17.4. The van der Waals surface area contributed by atoms with Crippen LogP contribution in [-0.4, -0.2) is 38.7 Å². The van der Waals surface area contributed by atoms with Gasteiger partial charge in [0.2, 0.25) is 0 Å². The Morgan fingerprint density at radius 2 is 1.96 bits per heavy atom. The Morgan fingerprint density at radius 3 is 2.64 bits per heavy atom. The minimum Gasteiger partial charge on any atom is -0.334 e. The Hall–Kier alpha value is -2.80. The van der Waals surface area contributed by atoms with E-state index in [1.807, 2.05) is 30.5 Å². The Labute approximate surface area is 148 Å². The van der Waals surface area contributed by atoms with Crippen LogP contribution in [0.15, 0.2) is 52.9 Å². The standard InChI is InChI=1S/C18H16N4O2S/c1-12-8-16(25-11-12)18(24)21-9-14(10-21)22-17(23)3-2-15(20-22)13-4-6-19-7-5-13/h2-8,11,14H,9-10H2,1H3. The van der Waals surface area contributed by atoms with Crippen LogP contribution < -0.4 is 5.56 Å². The fraction of sp³-hybridized carbons (Fsp3) is 0.222. The molecule has 0 radical (unpaired) electrons. The van der Waals surface area contributed by atoms with Gasteiger partial charge in [0.1, 0.15) is 0 Å². The molecule has 0 aliphatic carbocycles. The van der Waals surface area contributed by atoms with E-state index in [0.717, 1.165) is 21.7 Å². The molecule has 1 fully saturated rings. The third-order valence-corrected chi connectivity index (χ3v) is 5.27. The smallest absolute Gasteiger partial charge is 0.267 e. The first-order valence-electron chi connectivity index (χ1n) is 7.96. The van der Waals surface area contributed by atoms with Crippen molar-refractivity contribution < 1.29 is 4.79 Å². The summed E-state index contributed by atoms with van der Waals surface area (Å²) < 4.78 is 1.49. The quantitative estimate of drug-likeness (QED) is 0.726. The normalized spacial score (nSPS) is 14.4. The van der Waals surface area contributed by atoms with E-state index in [4.69, 9.17) is 0 Å². The SMILES string of the molecule is Cc1csc(C(=O)N2CC(n3nc(-c4ccncc4)ccc3=O)C2)c1. The van der Waals surface area contributed by atoms with Crippen molar-refractivity contribution in [3.05, 3.63) is 68.9 Å². The van der Waals surface area contributed by atoms with E-state index in [1.54, 1.807) is 23.4 Å². The summed E-state index contributed by atoms with van der Waals surface area (Å²) in [5, 5.41) is 6.44. The van der Waals surface area contributed by atoms with Gasteiger partial charge in [-0.3, -0.25) is 14.6 Å². The highest BCUT2D eigenvalue weighted by atomic mass is 32.1. The summed E-state index contributed by atoms with van der Waals surface area (Å²) in [4.78, 5) is 31.1. The highest BCUT2D eigenvalue weighted by Crippen LogP contribution is 2.25. The van der Waals surface area contributed by atoms with Gasteiger partial charge in [-0.1, -0.05) is 0 Å². The van der Waals surface area contributed by atoms with Crippen molar-refractivity contribution in [2.45, 2.75) is 13.0 Å². The maximum Gasteiger partial charge on any atom is 0.267 e. The average Bonchev–Trinajstić information content (AvgIpc) is 3.02. The van der Waals surface area contributed by atoms with Gasteiger partial charge >= 0.3 is 0 Å². The number of aryl methyl sites for hydroxylation is 1. The van der Waals surface area contributed by atoms with E-state index in [0.29, 0.717) is 13.1 Å². The number of aromatic nitrogens is 3. The molecule has 0 N–H and O–H groups in total. The molecule has 0 atom stereocenters. The van der Waals surface area contributed by atoms with Crippen molar-refractivity contribution in [1.82, 2.24) is 19.7 Å². The number of likely N-dealkylation sites (tertiary alicyclic amines) is 1. The molecular formula is C18H16N4O2S. The van der Waals surface area contributed by atoms with Crippen LogP contribution in [-0.2, 0) is 0 Å². The molecule has 1 saturated heterocycles. The number of thiophene rings is 1. The molecule has 1 aliphatic rings. The van der Waals surface area contributed by atoms with Gasteiger partial charge in [-0.15, -0.1) is 11.3 Å². The Bertz CT molecular complexity index is 974. The zero-order valence-corrected chi connectivity index (χ0v) is 14.4. The molecule has 3 aromatic heterocycles. The number of carbonyl (C=O) groups excluding carboxylic acids is 1. The summed E-state index contributed by atoms with van der Waals surface area (Å²) in [5.74, 6) is 0.0210. The van der Waals surface area contributed by atoms with E-state index in [2.05, 4.69) is 10.1 Å². The third-order valence-electron chi connectivity index (χ3n) is 4.24. The maximum absolute atomic E-state index is 12.4. The summed E-state index contributed by atoms with van der Waals surface area (Å²) in [5.41, 5.74) is 2.57. The van der Waals surface area contributed by atoms with E-state index in [1.165, 1.54) is 22.1 Å². The molecule has 6 nitrogen and oxygen atoms in total. The van der Waals surface area contributed by atoms with Crippen molar-refractivity contribution in [2.75, 3.05) is 13.1 Å². The second-order valence-corrected chi connectivity index (χ2v) is 7.00. The maximum atomic E-state index is 12.4. The minimum atomic E-state index is -0.151. The Morgan fingerprint density at radius 1 is 1.20 bits per heavy atom. The van der Waals surface area contributed by atoms with E-state index in [-0.39, 0.29) is 17.5 Å². The number of hydrogen-bond acceptors (Lipinski definition) is 5. The second-order valence-electron chi connectivity index (χ2n) is 6.09. The predicted molar refractivity (Wildman–Crippen MR) is 95.7 cm³/mol. The molecule has 0 bridgehead atoms. The number of hydrogen-bond donors (Lipinski definition) is 0. The number of nitrogens with zero attached hydrogens (tertiary/aromatic N) is 4. The molecule has 0 spiro atoms. The van der Waals surface area contributed by atoms with Crippen LogP contribution in [0.4, 0.5) is 0 Å².